The zero-order valence-electron chi connectivity index (χ0n) is 5.16. The van der Waals surface area contributed by atoms with Gasteiger partial charge in [-0.2, -0.15) is 0 Å². The van der Waals surface area contributed by atoms with Crippen molar-refractivity contribution in [2.45, 2.75) is 0 Å². The van der Waals surface area contributed by atoms with Gasteiger partial charge in [0.2, 0.25) is 0 Å². The quantitative estimate of drug-likeness (QED) is 0.639. The van der Waals surface area contributed by atoms with Crippen molar-refractivity contribution < 1.29 is 0 Å². The summed E-state index contributed by atoms with van der Waals surface area (Å²) in [6, 6.07) is 4.00. The molecular formula is C7H5IN2. The van der Waals surface area contributed by atoms with Gasteiger partial charge in [-0.25, -0.2) is 9.98 Å². The lowest BCUT2D eigenvalue weighted by Gasteiger charge is -1.99. The lowest BCUT2D eigenvalue weighted by molar-refractivity contribution is 1.28. The van der Waals surface area contributed by atoms with Crippen LogP contribution in [0.15, 0.2) is 23.3 Å². The van der Waals surface area contributed by atoms with E-state index < -0.39 is 0 Å². The topological polar surface area (TPSA) is 25.2 Å². The van der Waals surface area contributed by atoms with Gasteiger partial charge >= 0.3 is 0 Å². The van der Waals surface area contributed by atoms with Crippen LogP contribution in [0.25, 0.3) is 0 Å². The fourth-order valence-electron chi connectivity index (χ4n) is 0.773. The van der Waals surface area contributed by atoms with E-state index in [2.05, 4.69) is 20.1 Å². The van der Waals surface area contributed by atoms with Crippen LogP contribution in [-0.4, -0.2) is 13.2 Å². The molecule has 0 fully saturated rings. The molecule has 0 aromatic carbocycles. The van der Waals surface area contributed by atoms with Crippen molar-refractivity contribution in [1.82, 2.24) is 4.98 Å². The Morgan fingerprint density at radius 2 is 2.40 bits per heavy atom. The molecule has 0 N–H and O–H groups in total. The highest BCUT2D eigenvalue weighted by Crippen LogP contribution is 2.18. The van der Waals surface area contributed by atoms with E-state index >= 15 is 0 Å². The van der Waals surface area contributed by atoms with E-state index in [9.17, 15) is 0 Å². The van der Waals surface area contributed by atoms with Gasteiger partial charge in [-0.3, -0.25) is 0 Å². The van der Waals surface area contributed by atoms with E-state index in [1.807, 2.05) is 10.3 Å². The molecule has 0 aliphatic carbocycles. The molecule has 2 nitrogen and oxygen atoms in total. The average molecular weight is 244 g/mol. The van der Waals surface area contributed by atoms with E-state index in [0.29, 0.717) is 0 Å². The predicted octanol–water partition coefficient (Wildman–Crippen LogP) is 1.88. The van der Waals surface area contributed by atoms with E-state index in [4.69, 9.17) is 0 Å². The molecule has 0 saturated carbocycles. The molecule has 0 radical (unpaired) electrons. The number of hydrogen-bond donors (Lipinski definition) is 0. The van der Waals surface area contributed by atoms with E-state index in [0.717, 1.165) is 5.82 Å². The second-order valence-corrected chi connectivity index (χ2v) is 3.78. The summed E-state index contributed by atoms with van der Waals surface area (Å²) in [7, 11) is 0. The number of aliphatic imine (C=N–C) groups is 1. The standard InChI is InChI=1S/C7H5IN2/c1-2-6-4-8-5-10-7(6)9-3-1/h1-5H. The minimum Gasteiger partial charge on any atom is -0.237 e. The normalized spacial score (nSPS) is 14.0. The van der Waals surface area contributed by atoms with E-state index in [-0.39, 0.29) is 20.7 Å². The first-order chi connectivity index (χ1) is 4.97. The Kier molecular flexibility index (Phi) is 1.58. The molecule has 0 saturated heterocycles. The van der Waals surface area contributed by atoms with Crippen LogP contribution in [0.3, 0.4) is 0 Å². The smallest absolute Gasteiger partial charge is 0.159 e. The largest absolute Gasteiger partial charge is 0.237 e. The molecule has 10 heavy (non-hydrogen) atoms. The summed E-state index contributed by atoms with van der Waals surface area (Å²) in [6.07, 6.45) is 1.77. The van der Waals surface area contributed by atoms with Crippen molar-refractivity contribution in [1.29, 1.82) is 0 Å². The van der Waals surface area contributed by atoms with Gasteiger partial charge in [-0.05, 0) is 16.1 Å². The summed E-state index contributed by atoms with van der Waals surface area (Å²) in [5.41, 5.74) is 1.19. The Bertz CT molecular complexity index is 273. The summed E-state index contributed by atoms with van der Waals surface area (Å²) in [5.74, 6) is 0.869. The molecular weight excluding hydrogens is 239 g/mol. The zero-order valence-corrected chi connectivity index (χ0v) is 7.32. The molecule has 0 bridgehead atoms. The highest BCUT2D eigenvalue weighted by molar-refractivity contribution is 14.2. The fraction of sp³-hybridized carbons (Fsp3) is 0. The van der Waals surface area contributed by atoms with Gasteiger partial charge in [-0.15, -0.1) is 0 Å². The Hall–Kier alpha value is -0.580. The predicted molar refractivity (Wildman–Crippen MR) is 51.6 cm³/mol. The number of pyridine rings is 1. The fourth-order valence-corrected chi connectivity index (χ4v) is 2.23. The second kappa shape index (κ2) is 2.57. The average Bonchev–Trinajstić information content (AvgIpc) is 2.05. The Labute approximate surface area is 68.8 Å². The van der Waals surface area contributed by atoms with Crippen LogP contribution >= 0.6 is 20.7 Å². The molecule has 1 aliphatic rings. The molecule has 50 valence electrons. The van der Waals surface area contributed by atoms with Crippen LogP contribution in [-0.2, 0) is 0 Å². The lowest BCUT2D eigenvalue weighted by atomic mass is 10.3. The highest BCUT2D eigenvalue weighted by Gasteiger charge is 1.98. The lowest BCUT2D eigenvalue weighted by Crippen LogP contribution is -1.85. The van der Waals surface area contributed by atoms with Crippen molar-refractivity contribution in [3.63, 3.8) is 0 Å². The molecule has 0 amide bonds. The summed E-state index contributed by atoms with van der Waals surface area (Å²) < 4.78 is 4.21. The monoisotopic (exact) mass is 244 g/mol. The van der Waals surface area contributed by atoms with Gasteiger partial charge in [-0.1, -0.05) is 20.7 Å². The first kappa shape index (κ1) is 6.15. The molecule has 0 spiro atoms. The van der Waals surface area contributed by atoms with Crippen molar-refractivity contribution in [3.8, 4) is 0 Å². The molecule has 1 aliphatic heterocycles. The number of hydrogen-bond acceptors (Lipinski definition) is 2. The van der Waals surface area contributed by atoms with Gasteiger partial charge in [0.15, 0.2) is 5.82 Å². The van der Waals surface area contributed by atoms with Crippen LogP contribution in [0.1, 0.15) is 5.56 Å². The molecule has 1 aromatic heterocycles. The van der Waals surface area contributed by atoms with Gasteiger partial charge in [0.25, 0.3) is 0 Å². The SMILES string of the molecule is C1=Nc2ncccc2C=I1. The summed E-state index contributed by atoms with van der Waals surface area (Å²) in [4.78, 5) is 8.28. The van der Waals surface area contributed by atoms with Gasteiger partial charge in [0.05, 0.1) is 4.22 Å². The van der Waals surface area contributed by atoms with Crippen molar-refractivity contribution in [3.05, 3.63) is 23.9 Å². The Morgan fingerprint density at radius 1 is 1.40 bits per heavy atom. The number of halogens is 1. The number of fused-ring (bicyclic) bond motifs is 1. The van der Waals surface area contributed by atoms with Gasteiger partial charge < -0.3 is 0 Å². The molecule has 0 atom stereocenters. The summed E-state index contributed by atoms with van der Waals surface area (Å²) in [6.45, 7) is 0. The molecule has 1 aromatic rings. The third kappa shape index (κ3) is 1.01. The third-order valence-electron chi connectivity index (χ3n) is 1.22. The molecule has 0 unspecified atom stereocenters. The molecule has 2 rings (SSSR count). The maximum Gasteiger partial charge on any atom is 0.159 e. The van der Waals surface area contributed by atoms with Crippen molar-refractivity contribution >= 4 is 34.8 Å². The van der Waals surface area contributed by atoms with E-state index in [1.165, 1.54) is 5.56 Å². The van der Waals surface area contributed by atoms with Crippen molar-refractivity contribution in [2.75, 3.05) is 0 Å². The summed E-state index contributed by atoms with van der Waals surface area (Å²) >= 11 is 0.0691. The first-order valence-corrected chi connectivity index (χ1v) is 5.39. The second-order valence-electron chi connectivity index (χ2n) is 1.88. The Morgan fingerprint density at radius 3 is 3.30 bits per heavy atom. The zero-order chi connectivity index (χ0) is 6.81. The van der Waals surface area contributed by atoms with Crippen LogP contribution in [0.5, 0.6) is 0 Å². The number of rotatable bonds is 0. The van der Waals surface area contributed by atoms with Crippen LogP contribution in [0.4, 0.5) is 5.82 Å². The van der Waals surface area contributed by atoms with Gasteiger partial charge in [0, 0.05) is 11.8 Å². The van der Waals surface area contributed by atoms with Gasteiger partial charge in [0.1, 0.15) is 0 Å². The number of aromatic nitrogens is 1. The minimum atomic E-state index is 0.0691. The summed E-state index contributed by atoms with van der Waals surface area (Å²) in [5, 5.41) is 0. The highest BCUT2D eigenvalue weighted by atomic mass is 127. The maximum atomic E-state index is 4.17. The number of nitrogens with zero attached hydrogens (tertiary/aromatic N) is 2. The molecule has 3 heteroatoms. The maximum absolute atomic E-state index is 4.17. The van der Waals surface area contributed by atoms with Crippen LogP contribution in [0.2, 0.25) is 0 Å². The van der Waals surface area contributed by atoms with E-state index in [1.54, 1.807) is 6.20 Å². The minimum absolute atomic E-state index is 0.0691. The molecule has 2 heterocycles. The third-order valence-corrected chi connectivity index (χ3v) is 2.86. The van der Waals surface area contributed by atoms with Crippen LogP contribution in [0, 0.1) is 0 Å². The first-order valence-electron chi connectivity index (χ1n) is 2.89. The van der Waals surface area contributed by atoms with Crippen molar-refractivity contribution in [2.24, 2.45) is 4.99 Å². The Balaban J connectivity index is 2.65. The van der Waals surface area contributed by atoms with Crippen LogP contribution < -0.4 is 0 Å².